The number of hydrogen-bond donors (Lipinski definition) is 2. The van der Waals surface area contributed by atoms with E-state index in [0.29, 0.717) is 35.2 Å². The molecule has 6 heteroatoms. The number of hydroxylamine groups is 1. The molecule has 1 aliphatic rings. The number of nitrogens with zero attached hydrogens (tertiary/aromatic N) is 1. The third-order valence-electron chi connectivity index (χ3n) is 5.40. The number of hydrogen-bond acceptors (Lipinski definition) is 3. The van der Waals surface area contributed by atoms with Crippen molar-refractivity contribution >= 4 is 23.5 Å². The first-order valence-electron chi connectivity index (χ1n) is 9.94. The molecule has 5 nitrogen and oxygen atoms in total. The summed E-state index contributed by atoms with van der Waals surface area (Å²) in [4.78, 5) is 27.3. The van der Waals surface area contributed by atoms with Gasteiger partial charge in [0.2, 0.25) is 0 Å². The Kier molecular flexibility index (Phi) is 5.91. The Hall–Kier alpha value is -3.77. The summed E-state index contributed by atoms with van der Waals surface area (Å²) in [5.74, 6) is -1.19. The highest BCUT2D eigenvalue weighted by atomic mass is 19.1. The van der Waals surface area contributed by atoms with Gasteiger partial charge >= 0.3 is 0 Å². The van der Waals surface area contributed by atoms with Crippen LogP contribution in [0.5, 0.6) is 0 Å². The summed E-state index contributed by atoms with van der Waals surface area (Å²) in [6.45, 7) is 0.731. The third-order valence-corrected chi connectivity index (χ3v) is 5.40. The zero-order chi connectivity index (χ0) is 21.8. The Balaban J connectivity index is 1.71. The number of benzene rings is 3. The fraction of sp³-hybridized carbons (Fsp3) is 0.120. The number of halogens is 1. The lowest BCUT2D eigenvalue weighted by atomic mass is 9.93. The van der Waals surface area contributed by atoms with E-state index in [2.05, 4.69) is 0 Å². The molecule has 4 rings (SSSR count). The lowest BCUT2D eigenvalue weighted by molar-refractivity contribution is -0.125. The van der Waals surface area contributed by atoms with E-state index in [1.54, 1.807) is 40.7 Å². The number of carbonyl (C=O) groups is 2. The van der Waals surface area contributed by atoms with E-state index in [-0.39, 0.29) is 18.3 Å². The van der Waals surface area contributed by atoms with E-state index in [4.69, 9.17) is 5.21 Å². The molecule has 0 atom stereocenters. The van der Waals surface area contributed by atoms with Gasteiger partial charge in [0.05, 0.1) is 0 Å². The molecule has 1 heterocycles. The van der Waals surface area contributed by atoms with Gasteiger partial charge in [-0.15, -0.1) is 0 Å². The van der Waals surface area contributed by atoms with Gasteiger partial charge in [-0.1, -0.05) is 54.6 Å². The normalized spacial score (nSPS) is 13.5. The Morgan fingerprint density at radius 2 is 1.71 bits per heavy atom. The van der Waals surface area contributed by atoms with Crippen molar-refractivity contribution in [2.75, 3.05) is 6.54 Å². The summed E-state index contributed by atoms with van der Waals surface area (Å²) in [5, 5.41) is 9.07. The Bertz CT molecular complexity index is 1140. The average Bonchev–Trinajstić information content (AvgIpc) is 2.82. The molecule has 31 heavy (non-hydrogen) atoms. The van der Waals surface area contributed by atoms with Crippen molar-refractivity contribution in [1.82, 2.24) is 10.4 Å². The van der Waals surface area contributed by atoms with Crippen LogP contribution in [0.3, 0.4) is 0 Å². The van der Waals surface area contributed by atoms with Gasteiger partial charge in [-0.25, -0.2) is 9.87 Å². The molecule has 0 spiro atoms. The summed E-state index contributed by atoms with van der Waals surface area (Å²) in [7, 11) is 0. The Morgan fingerprint density at radius 3 is 2.42 bits per heavy atom. The van der Waals surface area contributed by atoms with Gasteiger partial charge in [0.1, 0.15) is 5.82 Å². The van der Waals surface area contributed by atoms with Crippen LogP contribution in [0.15, 0.2) is 72.8 Å². The van der Waals surface area contributed by atoms with Crippen LogP contribution >= 0.6 is 0 Å². The maximum Gasteiger partial charge on any atom is 0.274 e. The molecular formula is C25H21FN2O3. The second kappa shape index (κ2) is 8.93. The standard InChI is InChI=1S/C25H21FN2O3/c26-20-11-9-19(10-12-20)22(15-17-5-2-1-3-6-17)25(30)28-14-13-18-7-4-8-21(23(18)16-28)24(29)27-31/h1-12,15,31H,13-14,16H2,(H,27,29)/b22-15+. The molecule has 2 amide bonds. The van der Waals surface area contributed by atoms with Crippen LogP contribution in [0.25, 0.3) is 11.6 Å². The summed E-state index contributed by atoms with van der Waals surface area (Å²) in [6, 6.07) is 20.6. The highest BCUT2D eigenvalue weighted by Gasteiger charge is 2.27. The van der Waals surface area contributed by atoms with Crippen LogP contribution in [0.2, 0.25) is 0 Å². The van der Waals surface area contributed by atoms with Crippen LogP contribution < -0.4 is 5.48 Å². The summed E-state index contributed by atoms with van der Waals surface area (Å²) in [6.07, 6.45) is 2.38. The van der Waals surface area contributed by atoms with E-state index in [9.17, 15) is 14.0 Å². The number of amides is 2. The van der Waals surface area contributed by atoms with Crippen molar-refractivity contribution in [3.63, 3.8) is 0 Å². The summed E-state index contributed by atoms with van der Waals surface area (Å²) >= 11 is 0. The van der Waals surface area contributed by atoms with Crippen molar-refractivity contribution in [3.05, 3.63) is 106 Å². The number of rotatable bonds is 4. The topological polar surface area (TPSA) is 69.6 Å². The lowest BCUT2D eigenvalue weighted by Gasteiger charge is -2.31. The minimum Gasteiger partial charge on any atom is -0.334 e. The van der Waals surface area contributed by atoms with Crippen molar-refractivity contribution in [1.29, 1.82) is 0 Å². The van der Waals surface area contributed by atoms with Crippen LogP contribution in [0.1, 0.15) is 32.6 Å². The molecule has 0 unspecified atom stereocenters. The van der Waals surface area contributed by atoms with E-state index >= 15 is 0 Å². The third kappa shape index (κ3) is 4.39. The molecule has 0 fully saturated rings. The van der Waals surface area contributed by atoms with Gasteiger partial charge in [0.25, 0.3) is 11.8 Å². The fourth-order valence-electron chi connectivity index (χ4n) is 3.81. The van der Waals surface area contributed by atoms with Gasteiger partial charge in [-0.2, -0.15) is 0 Å². The SMILES string of the molecule is O=C(NO)c1cccc2c1CN(C(=O)/C(=C/c1ccccc1)c1ccc(F)cc1)CC2. The Morgan fingerprint density at radius 1 is 0.968 bits per heavy atom. The van der Waals surface area contributed by atoms with Gasteiger partial charge in [0, 0.05) is 24.2 Å². The molecule has 0 saturated carbocycles. The quantitative estimate of drug-likeness (QED) is 0.292. The molecule has 0 saturated heterocycles. The second-order valence-electron chi connectivity index (χ2n) is 7.34. The van der Waals surface area contributed by atoms with E-state index in [1.807, 2.05) is 36.4 Å². The molecule has 3 aromatic carbocycles. The van der Waals surface area contributed by atoms with Crippen LogP contribution in [0, 0.1) is 5.82 Å². The molecule has 0 aliphatic carbocycles. The highest BCUT2D eigenvalue weighted by Crippen LogP contribution is 2.27. The van der Waals surface area contributed by atoms with Crippen molar-refractivity contribution in [3.8, 4) is 0 Å². The summed E-state index contributed by atoms with van der Waals surface area (Å²) in [5.41, 5.74) is 5.61. The summed E-state index contributed by atoms with van der Waals surface area (Å²) < 4.78 is 13.5. The zero-order valence-corrected chi connectivity index (χ0v) is 16.7. The van der Waals surface area contributed by atoms with Crippen molar-refractivity contribution in [2.45, 2.75) is 13.0 Å². The number of nitrogens with one attached hydrogen (secondary N) is 1. The fourth-order valence-corrected chi connectivity index (χ4v) is 3.81. The molecule has 0 radical (unpaired) electrons. The largest absolute Gasteiger partial charge is 0.334 e. The number of carbonyl (C=O) groups excluding carboxylic acids is 2. The monoisotopic (exact) mass is 416 g/mol. The highest BCUT2D eigenvalue weighted by molar-refractivity contribution is 6.24. The van der Waals surface area contributed by atoms with Crippen LogP contribution in [-0.2, 0) is 17.8 Å². The minimum absolute atomic E-state index is 0.208. The maximum absolute atomic E-state index is 13.6. The van der Waals surface area contributed by atoms with Crippen molar-refractivity contribution < 1.29 is 19.2 Å². The van der Waals surface area contributed by atoms with Gasteiger partial charge in [-0.3, -0.25) is 14.8 Å². The predicted molar refractivity (Wildman–Crippen MR) is 116 cm³/mol. The molecule has 1 aliphatic heterocycles. The average molecular weight is 416 g/mol. The van der Waals surface area contributed by atoms with Gasteiger partial charge in [0.15, 0.2) is 0 Å². The first kappa shape index (κ1) is 20.5. The molecule has 2 N–H and O–H groups in total. The molecule has 3 aromatic rings. The first-order valence-corrected chi connectivity index (χ1v) is 9.94. The van der Waals surface area contributed by atoms with Gasteiger partial charge < -0.3 is 4.90 Å². The first-order chi connectivity index (χ1) is 15.1. The maximum atomic E-state index is 13.6. The van der Waals surface area contributed by atoms with Crippen LogP contribution in [0.4, 0.5) is 4.39 Å². The Labute approximate surface area is 179 Å². The zero-order valence-electron chi connectivity index (χ0n) is 16.7. The molecule has 0 aromatic heterocycles. The molecular weight excluding hydrogens is 395 g/mol. The van der Waals surface area contributed by atoms with Crippen molar-refractivity contribution in [2.24, 2.45) is 0 Å². The van der Waals surface area contributed by atoms with Crippen LogP contribution in [-0.4, -0.2) is 28.5 Å². The molecule has 156 valence electrons. The number of fused-ring (bicyclic) bond motifs is 1. The lowest BCUT2D eigenvalue weighted by Crippen LogP contribution is -2.37. The van der Waals surface area contributed by atoms with Gasteiger partial charge in [-0.05, 0) is 52.9 Å². The van der Waals surface area contributed by atoms with E-state index < -0.39 is 5.91 Å². The smallest absolute Gasteiger partial charge is 0.274 e. The minimum atomic E-state index is -0.607. The van der Waals surface area contributed by atoms with E-state index in [0.717, 1.165) is 11.1 Å². The predicted octanol–water partition coefficient (Wildman–Crippen LogP) is 4.07. The second-order valence-corrected chi connectivity index (χ2v) is 7.34. The van der Waals surface area contributed by atoms with E-state index in [1.165, 1.54) is 12.1 Å². The molecule has 0 bridgehead atoms.